The molecule has 0 aromatic carbocycles. The van der Waals surface area contributed by atoms with Gasteiger partial charge in [0.2, 0.25) is 0 Å². The second kappa shape index (κ2) is 3.59. The normalized spacial score (nSPS) is 16.6. The van der Waals surface area contributed by atoms with Crippen LogP contribution >= 0.6 is 11.6 Å². The molecule has 0 spiro atoms. The lowest BCUT2D eigenvalue weighted by atomic mass is 10.0. The molecule has 3 nitrogen and oxygen atoms in total. The first-order valence-electron chi connectivity index (χ1n) is 4.52. The molecular weight excluding hydrogens is 198 g/mol. The predicted octanol–water partition coefficient (Wildman–Crippen LogP) is 1.89. The average molecular weight is 210 g/mol. The number of nitrogens with one attached hydrogen (secondary N) is 1. The van der Waals surface area contributed by atoms with Gasteiger partial charge >= 0.3 is 0 Å². The van der Waals surface area contributed by atoms with E-state index in [0.717, 1.165) is 17.9 Å². The van der Waals surface area contributed by atoms with Crippen molar-refractivity contribution < 1.29 is 0 Å². The molecule has 2 heterocycles. The second-order valence-corrected chi connectivity index (χ2v) is 3.89. The first kappa shape index (κ1) is 9.49. The summed E-state index contributed by atoms with van der Waals surface area (Å²) in [5.74, 6) is 0.874. The van der Waals surface area contributed by atoms with E-state index in [2.05, 4.69) is 16.4 Å². The maximum absolute atomic E-state index is 5.85. The van der Waals surface area contributed by atoms with Gasteiger partial charge in [-0.3, -0.25) is 0 Å². The zero-order valence-corrected chi connectivity index (χ0v) is 8.67. The highest BCUT2D eigenvalue weighted by molar-refractivity contribution is 6.30. The number of nitrogens with zero attached hydrogens (tertiary/aromatic N) is 1. The summed E-state index contributed by atoms with van der Waals surface area (Å²) in [5, 5.41) is 3.85. The van der Waals surface area contributed by atoms with Crippen LogP contribution in [-0.2, 0) is 0 Å². The van der Waals surface area contributed by atoms with E-state index in [1.54, 1.807) is 6.20 Å². The number of fused-ring (bicyclic) bond motifs is 1. The maximum Gasteiger partial charge on any atom is 0.133 e. The lowest BCUT2D eigenvalue weighted by Crippen LogP contribution is -2.25. The summed E-state index contributed by atoms with van der Waals surface area (Å²) < 4.78 is 0. The van der Waals surface area contributed by atoms with Crippen LogP contribution in [-0.4, -0.2) is 17.6 Å². The summed E-state index contributed by atoms with van der Waals surface area (Å²) in [6, 6.07) is 1.95. The van der Waals surface area contributed by atoms with E-state index in [4.69, 9.17) is 17.3 Å². The molecule has 3 N–H and O–H groups in total. The van der Waals surface area contributed by atoms with Gasteiger partial charge in [-0.15, -0.1) is 0 Å². The van der Waals surface area contributed by atoms with E-state index in [9.17, 15) is 0 Å². The third-order valence-corrected chi connectivity index (χ3v) is 2.48. The first-order valence-corrected chi connectivity index (χ1v) is 4.90. The van der Waals surface area contributed by atoms with Crippen molar-refractivity contribution in [3.63, 3.8) is 0 Å². The van der Waals surface area contributed by atoms with Crippen LogP contribution < -0.4 is 11.1 Å². The zero-order chi connectivity index (χ0) is 10.1. The van der Waals surface area contributed by atoms with Gasteiger partial charge in [-0.25, -0.2) is 4.98 Å². The number of halogens is 1. The molecule has 14 heavy (non-hydrogen) atoms. The Bertz CT molecular complexity index is 385. The summed E-state index contributed by atoms with van der Waals surface area (Å²) in [4.78, 5) is 4.18. The van der Waals surface area contributed by atoms with E-state index in [1.807, 2.05) is 13.0 Å². The molecular formula is C10H12ClN3. The molecule has 0 unspecified atom stereocenters. The third-order valence-electron chi connectivity index (χ3n) is 2.27. The molecule has 1 aliphatic rings. The summed E-state index contributed by atoms with van der Waals surface area (Å²) in [6.45, 7) is 2.73. The van der Waals surface area contributed by atoms with Gasteiger partial charge in [0.05, 0.1) is 5.02 Å². The fourth-order valence-electron chi connectivity index (χ4n) is 1.44. The van der Waals surface area contributed by atoms with Gasteiger partial charge in [-0.2, -0.15) is 0 Å². The smallest absolute Gasteiger partial charge is 0.133 e. The number of rotatable bonds is 1. The van der Waals surface area contributed by atoms with Gasteiger partial charge in [-0.1, -0.05) is 11.6 Å². The van der Waals surface area contributed by atoms with Gasteiger partial charge in [0.25, 0.3) is 0 Å². The summed E-state index contributed by atoms with van der Waals surface area (Å²) in [6.07, 6.45) is 3.69. The molecule has 0 aliphatic carbocycles. The molecule has 0 saturated carbocycles. The van der Waals surface area contributed by atoms with Gasteiger partial charge in [0.15, 0.2) is 0 Å². The van der Waals surface area contributed by atoms with Crippen molar-refractivity contribution in [2.24, 2.45) is 5.73 Å². The number of hydrogen-bond acceptors (Lipinski definition) is 3. The van der Waals surface area contributed by atoms with E-state index in [-0.39, 0.29) is 6.04 Å². The van der Waals surface area contributed by atoms with Crippen LogP contribution in [0.3, 0.4) is 0 Å². The molecule has 1 aromatic heterocycles. The second-order valence-electron chi connectivity index (χ2n) is 3.45. The summed E-state index contributed by atoms with van der Waals surface area (Å²) in [5.41, 5.74) is 7.98. The molecule has 0 fully saturated rings. The van der Waals surface area contributed by atoms with E-state index >= 15 is 0 Å². The van der Waals surface area contributed by atoms with Crippen LogP contribution in [0.1, 0.15) is 12.5 Å². The van der Waals surface area contributed by atoms with E-state index in [1.165, 1.54) is 5.57 Å². The Hall–Kier alpha value is -1.06. The Labute approximate surface area is 88.0 Å². The minimum Gasteiger partial charge on any atom is -0.366 e. The molecule has 0 saturated heterocycles. The van der Waals surface area contributed by atoms with Crippen molar-refractivity contribution in [1.82, 2.24) is 4.98 Å². The number of nitrogens with two attached hydrogens (primary N) is 1. The molecule has 0 bridgehead atoms. The fourth-order valence-corrected chi connectivity index (χ4v) is 1.61. The van der Waals surface area contributed by atoms with Gasteiger partial charge in [0, 0.05) is 24.3 Å². The van der Waals surface area contributed by atoms with Crippen LogP contribution in [0.25, 0.3) is 6.08 Å². The highest BCUT2D eigenvalue weighted by atomic mass is 35.5. The maximum atomic E-state index is 5.85. The largest absolute Gasteiger partial charge is 0.366 e. The van der Waals surface area contributed by atoms with E-state index in [0.29, 0.717) is 5.02 Å². The molecule has 4 heteroatoms. The SMILES string of the molecule is C[C@H](N)C1=Cc2cc(Cl)cnc2NC1. The van der Waals surface area contributed by atoms with Crippen molar-refractivity contribution in [3.8, 4) is 0 Å². The predicted molar refractivity (Wildman–Crippen MR) is 59.4 cm³/mol. The fraction of sp³-hybridized carbons (Fsp3) is 0.300. The molecule has 1 atom stereocenters. The Morgan fingerprint density at radius 1 is 1.64 bits per heavy atom. The average Bonchev–Trinajstić information content (AvgIpc) is 2.16. The summed E-state index contributed by atoms with van der Waals surface area (Å²) >= 11 is 5.85. The Kier molecular flexibility index (Phi) is 2.44. The highest BCUT2D eigenvalue weighted by Gasteiger charge is 2.13. The van der Waals surface area contributed by atoms with Crippen molar-refractivity contribution in [2.75, 3.05) is 11.9 Å². The van der Waals surface area contributed by atoms with Crippen molar-refractivity contribution >= 4 is 23.5 Å². The molecule has 0 radical (unpaired) electrons. The number of hydrogen-bond donors (Lipinski definition) is 2. The number of pyridine rings is 1. The lowest BCUT2D eigenvalue weighted by Gasteiger charge is -2.19. The standard InChI is InChI=1S/C10H12ClN3/c1-6(12)8-2-7-3-9(11)5-14-10(7)13-4-8/h2-3,5-6H,4,12H2,1H3,(H,13,14)/t6-/m0/s1. The van der Waals surface area contributed by atoms with Crippen molar-refractivity contribution in [2.45, 2.75) is 13.0 Å². The number of aromatic nitrogens is 1. The molecule has 1 aromatic rings. The molecule has 2 rings (SSSR count). The van der Waals surface area contributed by atoms with Crippen LogP contribution in [0.2, 0.25) is 5.02 Å². The molecule has 74 valence electrons. The van der Waals surface area contributed by atoms with Crippen LogP contribution in [0, 0.1) is 0 Å². The lowest BCUT2D eigenvalue weighted by molar-refractivity contribution is 0.843. The molecule has 1 aliphatic heterocycles. The van der Waals surface area contributed by atoms with Crippen LogP contribution in [0.5, 0.6) is 0 Å². The van der Waals surface area contributed by atoms with Crippen LogP contribution in [0.15, 0.2) is 17.8 Å². The number of anilines is 1. The van der Waals surface area contributed by atoms with Gasteiger partial charge < -0.3 is 11.1 Å². The van der Waals surface area contributed by atoms with E-state index < -0.39 is 0 Å². The monoisotopic (exact) mass is 209 g/mol. The topological polar surface area (TPSA) is 50.9 Å². The summed E-state index contributed by atoms with van der Waals surface area (Å²) in [7, 11) is 0. The van der Waals surface area contributed by atoms with Crippen molar-refractivity contribution in [1.29, 1.82) is 0 Å². The minimum absolute atomic E-state index is 0.0645. The minimum atomic E-state index is 0.0645. The zero-order valence-electron chi connectivity index (χ0n) is 7.92. The Morgan fingerprint density at radius 3 is 3.14 bits per heavy atom. The molecule has 0 amide bonds. The van der Waals surface area contributed by atoms with Gasteiger partial charge in [0.1, 0.15) is 5.82 Å². The van der Waals surface area contributed by atoms with Gasteiger partial charge in [-0.05, 0) is 24.6 Å². The Morgan fingerprint density at radius 2 is 2.43 bits per heavy atom. The Balaban J connectivity index is 2.42. The third kappa shape index (κ3) is 1.74. The van der Waals surface area contributed by atoms with Crippen molar-refractivity contribution in [3.05, 3.63) is 28.4 Å². The first-order chi connectivity index (χ1) is 6.66. The quantitative estimate of drug-likeness (QED) is 0.743. The van der Waals surface area contributed by atoms with Crippen LogP contribution in [0.4, 0.5) is 5.82 Å². The highest BCUT2D eigenvalue weighted by Crippen LogP contribution is 2.24.